The summed E-state index contributed by atoms with van der Waals surface area (Å²) in [4.78, 5) is 0. The molecule has 1 aliphatic rings. The minimum absolute atomic E-state index is 0.155. The largest absolute Gasteiger partial charge is 0.486 e. The summed E-state index contributed by atoms with van der Waals surface area (Å²) in [5.74, 6) is 0.119. The maximum Gasteiger partial charge on any atom is 0.170 e. The molecular weight excluding hydrogens is 318 g/mol. The number of rotatable bonds is 2. The molecular formula is C15H11Cl2FO3. The van der Waals surface area contributed by atoms with Crippen LogP contribution in [0.1, 0.15) is 0 Å². The van der Waals surface area contributed by atoms with Gasteiger partial charge in [-0.15, -0.1) is 0 Å². The number of hydrogen-bond donors (Lipinski definition) is 1. The average Bonchev–Trinajstić information content (AvgIpc) is 2.46. The fraction of sp³-hybridized carbons (Fsp3) is 0.200. The molecule has 0 aromatic heterocycles. The lowest BCUT2D eigenvalue weighted by molar-refractivity contribution is 0.0459. The number of aliphatic hydroxyl groups excluding tert-OH is 1. The third-order valence-corrected chi connectivity index (χ3v) is 3.79. The van der Waals surface area contributed by atoms with Crippen LogP contribution in [-0.4, -0.2) is 24.4 Å². The Morgan fingerprint density at radius 2 is 1.95 bits per heavy atom. The molecule has 0 saturated heterocycles. The van der Waals surface area contributed by atoms with E-state index in [4.69, 9.17) is 32.7 Å². The molecule has 3 nitrogen and oxygen atoms in total. The van der Waals surface area contributed by atoms with Crippen LogP contribution in [0.4, 0.5) is 4.39 Å². The maximum absolute atomic E-state index is 13.8. The van der Waals surface area contributed by atoms with Crippen molar-refractivity contribution in [1.82, 2.24) is 0 Å². The fourth-order valence-electron chi connectivity index (χ4n) is 2.21. The summed E-state index contributed by atoms with van der Waals surface area (Å²) in [6.45, 7) is -0.0465. The third-order valence-electron chi connectivity index (χ3n) is 3.16. The van der Waals surface area contributed by atoms with Crippen molar-refractivity contribution in [3.63, 3.8) is 0 Å². The molecule has 1 atom stereocenters. The molecule has 2 aromatic rings. The zero-order valence-corrected chi connectivity index (χ0v) is 12.3. The highest BCUT2D eigenvalue weighted by Gasteiger charge is 2.26. The minimum atomic E-state index is -0.511. The summed E-state index contributed by atoms with van der Waals surface area (Å²) in [6.07, 6.45) is -0.511. The molecule has 0 bridgehead atoms. The Hall–Kier alpha value is -1.49. The van der Waals surface area contributed by atoms with Crippen molar-refractivity contribution < 1.29 is 19.0 Å². The molecule has 0 spiro atoms. The molecule has 6 heteroatoms. The van der Waals surface area contributed by atoms with Gasteiger partial charge in [-0.1, -0.05) is 29.3 Å². The number of halogens is 3. The zero-order chi connectivity index (χ0) is 15.0. The van der Waals surface area contributed by atoms with Gasteiger partial charge in [0.05, 0.1) is 16.7 Å². The van der Waals surface area contributed by atoms with Crippen LogP contribution in [-0.2, 0) is 0 Å². The van der Waals surface area contributed by atoms with Gasteiger partial charge in [0.2, 0.25) is 0 Å². The molecule has 2 aromatic carbocycles. The van der Waals surface area contributed by atoms with Crippen molar-refractivity contribution in [3.8, 4) is 22.6 Å². The van der Waals surface area contributed by atoms with E-state index in [0.717, 1.165) is 0 Å². The topological polar surface area (TPSA) is 38.7 Å². The maximum atomic E-state index is 13.8. The van der Waals surface area contributed by atoms with Gasteiger partial charge in [-0.05, 0) is 18.2 Å². The van der Waals surface area contributed by atoms with Crippen LogP contribution in [0.5, 0.6) is 11.5 Å². The van der Waals surface area contributed by atoms with Gasteiger partial charge in [0.15, 0.2) is 17.6 Å². The molecule has 1 aliphatic heterocycles. The van der Waals surface area contributed by atoms with Crippen molar-refractivity contribution in [2.45, 2.75) is 6.10 Å². The first-order chi connectivity index (χ1) is 10.1. The predicted molar refractivity (Wildman–Crippen MR) is 78.9 cm³/mol. The molecule has 21 heavy (non-hydrogen) atoms. The van der Waals surface area contributed by atoms with E-state index in [9.17, 15) is 9.50 Å². The lowest BCUT2D eigenvalue weighted by Crippen LogP contribution is -2.32. The highest BCUT2D eigenvalue weighted by Crippen LogP contribution is 2.46. The Kier molecular flexibility index (Phi) is 3.93. The summed E-state index contributed by atoms with van der Waals surface area (Å²) in [7, 11) is 0. The van der Waals surface area contributed by atoms with E-state index < -0.39 is 11.9 Å². The Balaban J connectivity index is 2.21. The van der Waals surface area contributed by atoms with Gasteiger partial charge < -0.3 is 14.6 Å². The van der Waals surface area contributed by atoms with E-state index >= 15 is 0 Å². The van der Waals surface area contributed by atoms with E-state index in [0.29, 0.717) is 26.9 Å². The summed E-state index contributed by atoms with van der Waals surface area (Å²) < 4.78 is 24.9. The van der Waals surface area contributed by atoms with E-state index in [2.05, 4.69) is 0 Å². The number of aliphatic hydroxyl groups is 1. The summed E-state index contributed by atoms with van der Waals surface area (Å²) >= 11 is 12.4. The first kappa shape index (κ1) is 14.4. The third kappa shape index (κ3) is 2.67. The van der Waals surface area contributed by atoms with Gasteiger partial charge in [0.1, 0.15) is 12.4 Å². The Labute approximate surface area is 130 Å². The molecule has 1 N–H and O–H groups in total. The quantitative estimate of drug-likeness (QED) is 0.907. The highest BCUT2D eigenvalue weighted by atomic mass is 35.5. The van der Waals surface area contributed by atoms with Crippen LogP contribution in [0.2, 0.25) is 10.0 Å². The van der Waals surface area contributed by atoms with E-state index in [1.54, 1.807) is 18.2 Å². The van der Waals surface area contributed by atoms with Crippen molar-refractivity contribution in [1.29, 1.82) is 0 Å². The minimum Gasteiger partial charge on any atom is -0.486 e. The summed E-state index contributed by atoms with van der Waals surface area (Å²) in [6, 6.07) is 7.54. The molecule has 1 unspecified atom stereocenters. The van der Waals surface area contributed by atoms with Gasteiger partial charge in [0, 0.05) is 17.2 Å². The van der Waals surface area contributed by atoms with Crippen molar-refractivity contribution in [3.05, 3.63) is 46.2 Å². The average molecular weight is 329 g/mol. The Morgan fingerprint density at radius 3 is 2.62 bits per heavy atom. The molecule has 1 heterocycles. The van der Waals surface area contributed by atoms with E-state index in [1.807, 2.05) is 0 Å². The second kappa shape index (κ2) is 5.72. The van der Waals surface area contributed by atoms with Gasteiger partial charge in [-0.2, -0.15) is 0 Å². The monoisotopic (exact) mass is 328 g/mol. The molecule has 0 fully saturated rings. The summed E-state index contributed by atoms with van der Waals surface area (Å²) in [5.41, 5.74) is 0.873. The van der Waals surface area contributed by atoms with Gasteiger partial charge in [-0.3, -0.25) is 0 Å². The van der Waals surface area contributed by atoms with Gasteiger partial charge in [0.25, 0.3) is 0 Å². The molecule has 0 amide bonds. The normalized spacial score (nSPS) is 16.9. The zero-order valence-electron chi connectivity index (χ0n) is 10.8. The van der Waals surface area contributed by atoms with Gasteiger partial charge in [-0.25, -0.2) is 4.39 Å². The molecule has 0 radical (unpaired) electrons. The van der Waals surface area contributed by atoms with Crippen molar-refractivity contribution in [2.75, 3.05) is 13.2 Å². The number of ether oxygens (including phenoxy) is 2. The van der Waals surface area contributed by atoms with Crippen LogP contribution in [0.15, 0.2) is 30.3 Å². The van der Waals surface area contributed by atoms with E-state index in [-0.39, 0.29) is 19.0 Å². The molecule has 0 aliphatic carbocycles. The Bertz CT molecular complexity index is 671. The van der Waals surface area contributed by atoms with E-state index in [1.165, 1.54) is 12.1 Å². The molecule has 3 rings (SSSR count). The predicted octanol–water partition coefficient (Wildman–Crippen LogP) is 3.93. The number of benzene rings is 2. The molecule has 110 valence electrons. The lowest BCUT2D eigenvalue weighted by atomic mass is 10.0. The SMILES string of the molecule is OCC1COc2cc(F)cc(-c3c(Cl)cccc3Cl)c2O1. The van der Waals surface area contributed by atoms with Crippen molar-refractivity contribution >= 4 is 23.2 Å². The second-order valence-corrected chi connectivity index (χ2v) is 5.43. The smallest absolute Gasteiger partial charge is 0.170 e. The highest BCUT2D eigenvalue weighted by molar-refractivity contribution is 6.39. The number of fused-ring (bicyclic) bond motifs is 1. The Morgan fingerprint density at radius 1 is 1.24 bits per heavy atom. The van der Waals surface area contributed by atoms with Crippen molar-refractivity contribution in [2.24, 2.45) is 0 Å². The van der Waals surface area contributed by atoms with Crippen LogP contribution < -0.4 is 9.47 Å². The van der Waals surface area contributed by atoms with Crippen LogP contribution in [0, 0.1) is 5.82 Å². The van der Waals surface area contributed by atoms with Crippen LogP contribution in [0.3, 0.4) is 0 Å². The van der Waals surface area contributed by atoms with Crippen LogP contribution in [0.25, 0.3) is 11.1 Å². The standard InChI is InChI=1S/C15H11Cl2FO3/c16-11-2-1-3-12(17)14(11)10-4-8(18)5-13-15(10)21-9(6-19)7-20-13/h1-5,9,19H,6-7H2. The first-order valence-electron chi connectivity index (χ1n) is 6.28. The van der Waals surface area contributed by atoms with Gasteiger partial charge >= 0.3 is 0 Å². The fourth-order valence-corrected chi connectivity index (χ4v) is 2.81. The molecule has 0 saturated carbocycles. The summed E-state index contributed by atoms with van der Waals surface area (Å²) in [5, 5.41) is 9.97. The first-order valence-corrected chi connectivity index (χ1v) is 7.04. The lowest BCUT2D eigenvalue weighted by Gasteiger charge is -2.27. The van der Waals surface area contributed by atoms with Crippen LogP contribution >= 0.6 is 23.2 Å². The second-order valence-electron chi connectivity index (χ2n) is 4.61. The number of hydrogen-bond acceptors (Lipinski definition) is 3.